The first-order chi connectivity index (χ1) is 8.75. The number of carbonyl (C=O) groups is 1. The van der Waals surface area contributed by atoms with Gasteiger partial charge in [-0.3, -0.25) is 9.36 Å². The van der Waals surface area contributed by atoms with E-state index in [2.05, 4.69) is 17.1 Å². The van der Waals surface area contributed by atoms with Gasteiger partial charge in [-0.15, -0.1) is 10.2 Å². The number of anilines is 1. The molecule has 1 saturated heterocycles. The predicted molar refractivity (Wildman–Crippen MR) is 67.5 cm³/mol. The minimum Gasteiger partial charge on any atom is -0.310 e. The van der Waals surface area contributed by atoms with E-state index < -0.39 is 0 Å². The molecule has 1 aliphatic heterocycles. The molecule has 1 aliphatic rings. The topological polar surface area (TPSA) is 51.0 Å². The molecule has 2 aromatic rings. The van der Waals surface area contributed by atoms with Gasteiger partial charge in [0.05, 0.1) is 0 Å². The molecule has 0 unspecified atom stereocenters. The minimum atomic E-state index is 0.208. The van der Waals surface area contributed by atoms with Crippen LogP contribution in [0.4, 0.5) is 5.69 Å². The van der Waals surface area contributed by atoms with E-state index in [0.717, 1.165) is 17.8 Å². The van der Waals surface area contributed by atoms with Crippen molar-refractivity contribution < 1.29 is 4.79 Å². The smallest absolute Gasteiger partial charge is 0.227 e. The molecule has 1 fully saturated rings. The Morgan fingerprint density at radius 2 is 1.72 bits per heavy atom. The molecule has 0 aliphatic carbocycles. The summed E-state index contributed by atoms with van der Waals surface area (Å²) in [5.41, 5.74) is 1.95. The molecule has 0 radical (unpaired) electrons. The van der Waals surface area contributed by atoms with E-state index in [1.807, 2.05) is 33.7 Å². The normalized spacial score (nSPS) is 19.5. The van der Waals surface area contributed by atoms with Crippen molar-refractivity contribution in [2.75, 3.05) is 4.90 Å². The Morgan fingerprint density at radius 1 is 1.11 bits per heavy atom. The predicted octanol–water partition coefficient (Wildman–Crippen LogP) is 1.78. The van der Waals surface area contributed by atoms with Crippen LogP contribution in [0.1, 0.15) is 19.8 Å². The van der Waals surface area contributed by atoms with Gasteiger partial charge in [0.2, 0.25) is 5.91 Å². The highest BCUT2D eigenvalue weighted by molar-refractivity contribution is 5.96. The molecule has 18 heavy (non-hydrogen) atoms. The van der Waals surface area contributed by atoms with E-state index in [0.29, 0.717) is 12.5 Å². The lowest BCUT2D eigenvalue weighted by Gasteiger charge is -2.21. The third-order valence-corrected chi connectivity index (χ3v) is 3.33. The van der Waals surface area contributed by atoms with E-state index in [1.54, 1.807) is 12.7 Å². The fourth-order valence-electron chi connectivity index (χ4n) is 2.35. The highest BCUT2D eigenvalue weighted by Crippen LogP contribution is 2.26. The summed E-state index contributed by atoms with van der Waals surface area (Å²) in [6, 6.07) is 8.16. The van der Waals surface area contributed by atoms with Crippen LogP contribution in [0.15, 0.2) is 36.9 Å². The van der Waals surface area contributed by atoms with Crippen LogP contribution < -0.4 is 4.90 Å². The van der Waals surface area contributed by atoms with E-state index in [-0.39, 0.29) is 5.91 Å². The molecule has 0 N–H and O–H groups in total. The maximum Gasteiger partial charge on any atom is 0.227 e. The first-order valence-electron chi connectivity index (χ1n) is 6.03. The van der Waals surface area contributed by atoms with Gasteiger partial charge in [-0.2, -0.15) is 0 Å². The van der Waals surface area contributed by atoms with Crippen LogP contribution in [0, 0.1) is 0 Å². The number of aromatic nitrogens is 3. The van der Waals surface area contributed by atoms with Crippen LogP contribution >= 0.6 is 0 Å². The van der Waals surface area contributed by atoms with Crippen LogP contribution in [-0.4, -0.2) is 26.7 Å². The van der Waals surface area contributed by atoms with Crippen molar-refractivity contribution in [1.82, 2.24) is 14.8 Å². The Morgan fingerprint density at radius 3 is 2.28 bits per heavy atom. The van der Waals surface area contributed by atoms with Gasteiger partial charge in [0, 0.05) is 23.8 Å². The number of benzene rings is 1. The van der Waals surface area contributed by atoms with E-state index >= 15 is 0 Å². The summed E-state index contributed by atoms with van der Waals surface area (Å²) >= 11 is 0. The van der Waals surface area contributed by atoms with Crippen LogP contribution in [0.25, 0.3) is 5.69 Å². The average Bonchev–Trinajstić information content (AvgIpc) is 3.01. The second-order valence-corrected chi connectivity index (χ2v) is 4.54. The second kappa shape index (κ2) is 4.25. The largest absolute Gasteiger partial charge is 0.310 e. The second-order valence-electron chi connectivity index (χ2n) is 4.54. The van der Waals surface area contributed by atoms with Crippen LogP contribution in [0.5, 0.6) is 0 Å². The Balaban J connectivity index is 1.89. The SMILES string of the molecule is C[C@H]1CCC(=O)N1c1ccc(-n2cnnc2)cc1. The Hall–Kier alpha value is -2.17. The van der Waals surface area contributed by atoms with Crippen LogP contribution in [0.2, 0.25) is 0 Å². The Bertz CT molecular complexity index is 547. The fourth-order valence-corrected chi connectivity index (χ4v) is 2.35. The van der Waals surface area contributed by atoms with Crippen molar-refractivity contribution in [1.29, 1.82) is 0 Å². The van der Waals surface area contributed by atoms with Crippen molar-refractivity contribution in [2.45, 2.75) is 25.8 Å². The van der Waals surface area contributed by atoms with Gasteiger partial charge in [-0.05, 0) is 37.6 Å². The van der Waals surface area contributed by atoms with Gasteiger partial charge >= 0.3 is 0 Å². The number of carbonyl (C=O) groups excluding carboxylic acids is 1. The summed E-state index contributed by atoms with van der Waals surface area (Å²) in [5.74, 6) is 0.208. The maximum atomic E-state index is 11.8. The van der Waals surface area contributed by atoms with E-state index in [4.69, 9.17) is 0 Å². The lowest BCUT2D eigenvalue weighted by molar-refractivity contribution is -0.117. The molecule has 1 amide bonds. The molecule has 2 heterocycles. The Labute approximate surface area is 105 Å². The summed E-state index contributed by atoms with van der Waals surface area (Å²) in [6.07, 6.45) is 4.89. The molecule has 3 rings (SSSR count). The number of hydrogen-bond acceptors (Lipinski definition) is 3. The molecule has 1 atom stereocenters. The molecule has 0 bridgehead atoms. The maximum absolute atomic E-state index is 11.8. The molecular formula is C13H14N4O. The van der Waals surface area contributed by atoms with Crippen LogP contribution in [0.3, 0.4) is 0 Å². The Kier molecular flexibility index (Phi) is 2.59. The molecule has 0 spiro atoms. The zero-order chi connectivity index (χ0) is 12.5. The fraction of sp³-hybridized carbons (Fsp3) is 0.308. The van der Waals surface area contributed by atoms with Crippen LogP contribution in [-0.2, 0) is 4.79 Å². The lowest BCUT2D eigenvalue weighted by atomic mass is 10.2. The van der Waals surface area contributed by atoms with Gasteiger partial charge in [0.15, 0.2) is 0 Å². The lowest BCUT2D eigenvalue weighted by Crippen LogP contribution is -2.30. The summed E-state index contributed by atoms with van der Waals surface area (Å²) in [6.45, 7) is 2.08. The standard InChI is InChI=1S/C13H14N4O/c1-10-2-7-13(18)17(10)12-5-3-11(4-6-12)16-8-14-15-9-16/h3-6,8-10H,2,7H2,1H3/t10-/m0/s1. The number of rotatable bonds is 2. The molecular weight excluding hydrogens is 228 g/mol. The summed E-state index contributed by atoms with van der Waals surface area (Å²) < 4.78 is 1.83. The summed E-state index contributed by atoms with van der Waals surface area (Å²) in [5, 5.41) is 7.54. The molecule has 0 saturated carbocycles. The zero-order valence-corrected chi connectivity index (χ0v) is 10.2. The summed E-state index contributed by atoms with van der Waals surface area (Å²) in [7, 11) is 0. The first kappa shape index (κ1) is 11.0. The molecule has 5 nitrogen and oxygen atoms in total. The number of hydrogen-bond donors (Lipinski definition) is 0. The number of amides is 1. The summed E-state index contributed by atoms with van der Waals surface area (Å²) in [4.78, 5) is 13.7. The zero-order valence-electron chi connectivity index (χ0n) is 10.2. The van der Waals surface area contributed by atoms with Crippen molar-refractivity contribution in [2.24, 2.45) is 0 Å². The number of nitrogens with zero attached hydrogens (tertiary/aromatic N) is 4. The van der Waals surface area contributed by atoms with E-state index in [1.165, 1.54) is 0 Å². The third-order valence-electron chi connectivity index (χ3n) is 3.33. The third kappa shape index (κ3) is 1.77. The van der Waals surface area contributed by atoms with Gasteiger partial charge in [-0.1, -0.05) is 0 Å². The highest BCUT2D eigenvalue weighted by atomic mass is 16.2. The van der Waals surface area contributed by atoms with Gasteiger partial charge in [-0.25, -0.2) is 0 Å². The van der Waals surface area contributed by atoms with Gasteiger partial charge in [0.25, 0.3) is 0 Å². The minimum absolute atomic E-state index is 0.208. The van der Waals surface area contributed by atoms with Crippen molar-refractivity contribution in [3.05, 3.63) is 36.9 Å². The molecule has 5 heteroatoms. The van der Waals surface area contributed by atoms with Crippen molar-refractivity contribution in [3.63, 3.8) is 0 Å². The molecule has 92 valence electrons. The monoisotopic (exact) mass is 242 g/mol. The van der Waals surface area contributed by atoms with Crippen molar-refractivity contribution in [3.8, 4) is 5.69 Å². The molecule has 1 aromatic carbocycles. The van der Waals surface area contributed by atoms with Gasteiger partial charge in [0.1, 0.15) is 12.7 Å². The average molecular weight is 242 g/mol. The van der Waals surface area contributed by atoms with Crippen molar-refractivity contribution >= 4 is 11.6 Å². The van der Waals surface area contributed by atoms with Gasteiger partial charge < -0.3 is 4.90 Å². The highest BCUT2D eigenvalue weighted by Gasteiger charge is 2.28. The van der Waals surface area contributed by atoms with E-state index in [9.17, 15) is 4.79 Å². The first-order valence-corrected chi connectivity index (χ1v) is 6.03. The quantitative estimate of drug-likeness (QED) is 0.806. The molecule has 1 aromatic heterocycles.